The van der Waals surface area contributed by atoms with E-state index in [4.69, 9.17) is 0 Å². The Morgan fingerprint density at radius 3 is 2.22 bits per heavy atom. The Kier molecular flexibility index (Phi) is 3.62. The number of carbonyl (C=O) groups excluding carboxylic acids is 1. The topological polar surface area (TPSA) is 17.1 Å². The van der Waals surface area contributed by atoms with Crippen LogP contribution in [0.25, 0.3) is 0 Å². The molecule has 0 heterocycles. The van der Waals surface area contributed by atoms with Gasteiger partial charge in [0.15, 0.2) is 5.78 Å². The molecule has 0 aliphatic heterocycles. The largest absolute Gasteiger partial charge is 0.289 e. The predicted octanol–water partition coefficient (Wildman–Crippen LogP) is 4.44. The van der Waals surface area contributed by atoms with Gasteiger partial charge in [-0.1, -0.05) is 28.1 Å². The van der Waals surface area contributed by atoms with Crippen molar-refractivity contribution >= 4 is 21.7 Å². The van der Waals surface area contributed by atoms with Gasteiger partial charge < -0.3 is 0 Å². The fourth-order valence-electron chi connectivity index (χ4n) is 1.82. The molecule has 92 valence electrons. The third-order valence-electron chi connectivity index (χ3n) is 2.89. The van der Waals surface area contributed by atoms with Crippen LogP contribution in [0.2, 0.25) is 0 Å². The lowest BCUT2D eigenvalue weighted by molar-refractivity contribution is 0.103. The van der Waals surface area contributed by atoms with E-state index in [1.807, 2.05) is 19.1 Å². The average molecular weight is 307 g/mol. The SMILES string of the molecule is Cc1ccc(F)cc1C(=O)c1cc(Br)ccc1C. The molecule has 0 saturated heterocycles. The van der Waals surface area contributed by atoms with Gasteiger partial charge in [0.2, 0.25) is 0 Å². The van der Waals surface area contributed by atoms with E-state index in [9.17, 15) is 9.18 Å². The molecule has 2 aromatic rings. The van der Waals surface area contributed by atoms with Crippen molar-refractivity contribution in [3.05, 3.63) is 68.9 Å². The quantitative estimate of drug-likeness (QED) is 0.750. The van der Waals surface area contributed by atoms with Crippen LogP contribution < -0.4 is 0 Å². The zero-order valence-corrected chi connectivity index (χ0v) is 11.7. The molecule has 0 spiro atoms. The van der Waals surface area contributed by atoms with Crippen LogP contribution in [0.4, 0.5) is 4.39 Å². The van der Waals surface area contributed by atoms with Gasteiger partial charge in [-0.25, -0.2) is 4.39 Å². The number of halogens is 2. The second kappa shape index (κ2) is 5.02. The maximum atomic E-state index is 13.2. The molecule has 0 aliphatic carbocycles. The van der Waals surface area contributed by atoms with E-state index >= 15 is 0 Å². The smallest absolute Gasteiger partial charge is 0.193 e. The molecule has 2 rings (SSSR count). The Bertz CT molecular complexity index is 566. The van der Waals surface area contributed by atoms with Crippen LogP contribution in [0.3, 0.4) is 0 Å². The molecule has 0 bridgehead atoms. The second-order valence-corrected chi connectivity index (χ2v) is 5.16. The summed E-state index contributed by atoms with van der Waals surface area (Å²) < 4.78 is 14.1. The number of rotatable bonds is 2. The Morgan fingerprint density at radius 1 is 1.00 bits per heavy atom. The van der Waals surface area contributed by atoms with Crippen LogP contribution in [0.1, 0.15) is 27.0 Å². The van der Waals surface area contributed by atoms with E-state index in [-0.39, 0.29) is 5.78 Å². The summed E-state index contributed by atoms with van der Waals surface area (Å²) in [7, 11) is 0. The molecule has 2 aromatic carbocycles. The first-order chi connectivity index (χ1) is 8.49. The molecule has 0 atom stereocenters. The maximum absolute atomic E-state index is 13.2. The first-order valence-electron chi connectivity index (χ1n) is 5.56. The minimum absolute atomic E-state index is 0.147. The molecule has 0 aliphatic rings. The van der Waals surface area contributed by atoms with E-state index in [1.54, 1.807) is 19.1 Å². The number of benzene rings is 2. The Hall–Kier alpha value is -1.48. The van der Waals surface area contributed by atoms with Crippen molar-refractivity contribution < 1.29 is 9.18 Å². The number of hydrogen-bond acceptors (Lipinski definition) is 1. The second-order valence-electron chi connectivity index (χ2n) is 4.25. The first kappa shape index (κ1) is 13.0. The number of carbonyl (C=O) groups is 1. The van der Waals surface area contributed by atoms with Gasteiger partial charge in [0.25, 0.3) is 0 Å². The monoisotopic (exact) mass is 306 g/mol. The minimum Gasteiger partial charge on any atom is -0.289 e. The summed E-state index contributed by atoms with van der Waals surface area (Å²) in [6, 6.07) is 9.78. The molecule has 1 nitrogen and oxygen atoms in total. The van der Waals surface area contributed by atoms with Gasteiger partial charge in [-0.3, -0.25) is 4.79 Å². The minimum atomic E-state index is -0.392. The highest BCUT2D eigenvalue weighted by Gasteiger charge is 2.15. The Labute approximate surface area is 114 Å². The maximum Gasteiger partial charge on any atom is 0.193 e. The van der Waals surface area contributed by atoms with Crippen molar-refractivity contribution in [3.8, 4) is 0 Å². The molecular formula is C15H12BrFO. The lowest BCUT2D eigenvalue weighted by Crippen LogP contribution is -2.06. The zero-order chi connectivity index (χ0) is 13.3. The molecule has 0 fully saturated rings. The van der Waals surface area contributed by atoms with Crippen molar-refractivity contribution in [3.63, 3.8) is 0 Å². The molecule has 0 aromatic heterocycles. The first-order valence-corrected chi connectivity index (χ1v) is 6.35. The lowest BCUT2D eigenvalue weighted by Gasteiger charge is -2.08. The van der Waals surface area contributed by atoms with Gasteiger partial charge >= 0.3 is 0 Å². The average Bonchev–Trinajstić information content (AvgIpc) is 2.34. The van der Waals surface area contributed by atoms with Crippen LogP contribution in [-0.2, 0) is 0 Å². The standard InChI is InChI=1S/C15H12BrFO/c1-9-3-5-11(16)7-13(9)15(18)14-8-12(17)6-4-10(14)2/h3-8H,1-2H3. The summed E-state index contributed by atoms with van der Waals surface area (Å²) in [5, 5.41) is 0. The van der Waals surface area contributed by atoms with Crippen molar-refractivity contribution in [1.82, 2.24) is 0 Å². The highest BCUT2D eigenvalue weighted by molar-refractivity contribution is 9.10. The molecule has 3 heteroatoms. The van der Waals surface area contributed by atoms with Crippen LogP contribution in [0, 0.1) is 19.7 Å². The van der Waals surface area contributed by atoms with Crippen LogP contribution in [0.15, 0.2) is 40.9 Å². The number of hydrogen-bond donors (Lipinski definition) is 0. The fourth-order valence-corrected chi connectivity index (χ4v) is 2.18. The normalized spacial score (nSPS) is 10.4. The summed E-state index contributed by atoms with van der Waals surface area (Å²) in [4.78, 5) is 12.4. The van der Waals surface area contributed by atoms with Gasteiger partial charge in [0.05, 0.1) is 0 Å². The molecule has 0 saturated carbocycles. The van der Waals surface area contributed by atoms with Gasteiger partial charge in [0, 0.05) is 15.6 Å². The number of aryl methyl sites for hydroxylation is 2. The molecule has 18 heavy (non-hydrogen) atoms. The molecule has 0 N–H and O–H groups in total. The predicted molar refractivity (Wildman–Crippen MR) is 73.4 cm³/mol. The van der Waals surface area contributed by atoms with Crippen LogP contribution >= 0.6 is 15.9 Å². The molecular weight excluding hydrogens is 295 g/mol. The lowest BCUT2D eigenvalue weighted by atomic mass is 9.96. The van der Waals surface area contributed by atoms with Crippen molar-refractivity contribution in [2.24, 2.45) is 0 Å². The van der Waals surface area contributed by atoms with Crippen LogP contribution in [0.5, 0.6) is 0 Å². The zero-order valence-electron chi connectivity index (χ0n) is 10.1. The summed E-state index contributed by atoms with van der Waals surface area (Å²) >= 11 is 3.34. The molecule has 0 unspecified atom stereocenters. The summed E-state index contributed by atoms with van der Waals surface area (Å²) in [6.45, 7) is 3.67. The van der Waals surface area contributed by atoms with Crippen LogP contribution in [-0.4, -0.2) is 5.78 Å². The Balaban J connectivity index is 2.54. The highest BCUT2D eigenvalue weighted by atomic mass is 79.9. The van der Waals surface area contributed by atoms with Gasteiger partial charge in [0.1, 0.15) is 5.82 Å². The molecule has 0 amide bonds. The highest BCUT2D eigenvalue weighted by Crippen LogP contribution is 2.21. The van der Waals surface area contributed by atoms with Crippen molar-refractivity contribution in [2.45, 2.75) is 13.8 Å². The van der Waals surface area contributed by atoms with E-state index in [0.717, 1.165) is 15.6 Å². The molecule has 0 radical (unpaired) electrons. The van der Waals surface area contributed by atoms with Gasteiger partial charge in [-0.15, -0.1) is 0 Å². The number of ketones is 1. The third-order valence-corrected chi connectivity index (χ3v) is 3.38. The van der Waals surface area contributed by atoms with Crippen molar-refractivity contribution in [1.29, 1.82) is 0 Å². The third kappa shape index (κ3) is 2.51. The van der Waals surface area contributed by atoms with Gasteiger partial charge in [-0.2, -0.15) is 0 Å². The van der Waals surface area contributed by atoms with E-state index in [2.05, 4.69) is 15.9 Å². The van der Waals surface area contributed by atoms with Crippen molar-refractivity contribution in [2.75, 3.05) is 0 Å². The summed E-state index contributed by atoms with van der Waals surface area (Å²) in [5.41, 5.74) is 2.67. The van der Waals surface area contributed by atoms with E-state index < -0.39 is 5.82 Å². The van der Waals surface area contributed by atoms with E-state index in [0.29, 0.717) is 11.1 Å². The fraction of sp³-hybridized carbons (Fsp3) is 0.133. The van der Waals surface area contributed by atoms with E-state index in [1.165, 1.54) is 12.1 Å². The Morgan fingerprint density at radius 2 is 1.56 bits per heavy atom. The summed E-state index contributed by atoms with van der Waals surface area (Å²) in [5.74, 6) is -0.539. The summed E-state index contributed by atoms with van der Waals surface area (Å²) in [6.07, 6.45) is 0. The van der Waals surface area contributed by atoms with Gasteiger partial charge in [-0.05, 0) is 49.2 Å².